The Morgan fingerprint density at radius 2 is 2.20 bits per heavy atom. The van der Waals surface area contributed by atoms with E-state index < -0.39 is 23.2 Å². The van der Waals surface area contributed by atoms with E-state index in [-0.39, 0.29) is 6.42 Å². The molecule has 0 aliphatic heterocycles. The molecule has 15 heavy (non-hydrogen) atoms. The third-order valence-electron chi connectivity index (χ3n) is 2.55. The van der Waals surface area contributed by atoms with Gasteiger partial charge in [-0.2, -0.15) is 0 Å². The van der Waals surface area contributed by atoms with Crippen LogP contribution in [-0.4, -0.2) is 17.0 Å². The lowest BCUT2D eigenvalue weighted by Gasteiger charge is -2.31. The van der Waals surface area contributed by atoms with Gasteiger partial charge in [0.2, 0.25) is 5.91 Å². The molecule has 80 valence electrons. The highest BCUT2D eigenvalue weighted by Crippen LogP contribution is 2.37. The van der Waals surface area contributed by atoms with Crippen LogP contribution in [0.3, 0.4) is 0 Å². The Bertz CT molecular complexity index is 357. The van der Waals surface area contributed by atoms with Crippen molar-refractivity contribution in [3.05, 3.63) is 37.0 Å². The first kappa shape index (κ1) is 11.2. The number of carboxylic acid groups (broad SMARTS) is 1. The van der Waals surface area contributed by atoms with Gasteiger partial charge >= 0.3 is 5.97 Å². The van der Waals surface area contributed by atoms with Crippen molar-refractivity contribution in [1.29, 1.82) is 0 Å². The van der Waals surface area contributed by atoms with Crippen LogP contribution in [0, 0.1) is 11.3 Å². The number of hydrogen-bond donors (Lipinski definition) is 2. The van der Waals surface area contributed by atoms with Crippen molar-refractivity contribution in [2.75, 3.05) is 0 Å². The average Bonchev–Trinajstić information content (AvgIpc) is 2.18. The summed E-state index contributed by atoms with van der Waals surface area (Å²) in [5, 5.41) is 9.20. The second-order valence-corrected chi connectivity index (χ2v) is 3.46. The van der Waals surface area contributed by atoms with Gasteiger partial charge in [0.15, 0.2) is 0 Å². The van der Waals surface area contributed by atoms with E-state index in [4.69, 9.17) is 5.73 Å². The van der Waals surface area contributed by atoms with Crippen molar-refractivity contribution >= 4 is 11.9 Å². The molecule has 0 fully saturated rings. The van der Waals surface area contributed by atoms with Gasteiger partial charge in [-0.05, 0) is 6.42 Å². The quantitative estimate of drug-likeness (QED) is 0.671. The minimum absolute atomic E-state index is 0.177. The maximum Gasteiger partial charge on any atom is 0.314 e. The van der Waals surface area contributed by atoms with Crippen molar-refractivity contribution in [2.24, 2.45) is 17.1 Å². The fourth-order valence-electron chi connectivity index (χ4n) is 1.75. The summed E-state index contributed by atoms with van der Waals surface area (Å²) in [6.45, 7) is 3.50. The zero-order valence-corrected chi connectivity index (χ0v) is 8.22. The fraction of sp³-hybridized carbons (Fsp3) is 0.273. The van der Waals surface area contributed by atoms with Gasteiger partial charge in [0.25, 0.3) is 0 Å². The Kier molecular flexibility index (Phi) is 3.09. The molecule has 0 heterocycles. The van der Waals surface area contributed by atoms with Gasteiger partial charge in [0.1, 0.15) is 5.41 Å². The summed E-state index contributed by atoms with van der Waals surface area (Å²) in [4.78, 5) is 22.4. The second-order valence-electron chi connectivity index (χ2n) is 3.46. The summed E-state index contributed by atoms with van der Waals surface area (Å²) in [5.74, 6) is -2.52. The molecule has 0 radical (unpaired) electrons. The molecule has 2 atom stereocenters. The summed E-state index contributed by atoms with van der Waals surface area (Å²) >= 11 is 0. The standard InChI is InChI=1S/C11H13NO3/c1-2-6-11(10(14)15)7-4-3-5-8(11)9(12)13/h2-5,7-8H,1,6H2,(H2,12,13)(H,14,15). The highest BCUT2D eigenvalue weighted by atomic mass is 16.4. The Morgan fingerprint density at radius 3 is 2.67 bits per heavy atom. The fourth-order valence-corrected chi connectivity index (χ4v) is 1.75. The van der Waals surface area contributed by atoms with Crippen molar-refractivity contribution < 1.29 is 14.7 Å². The molecule has 1 aliphatic carbocycles. The number of carboxylic acids is 1. The van der Waals surface area contributed by atoms with Gasteiger partial charge in [-0.1, -0.05) is 30.4 Å². The number of primary amides is 1. The van der Waals surface area contributed by atoms with Crippen molar-refractivity contribution in [2.45, 2.75) is 6.42 Å². The van der Waals surface area contributed by atoms with E-state index in [2.05, 4.69) is 6.58 Å². The smallest absolute Gasteiger partial charge is 0.314 e. The van der Waals surface area contributed by atoms with E-state index in [9.17, 15) is 14.7 Å². The van der Waals surface area contributed by atoms with Crippen LogP contribution in [-0.2, 0) is 9.59 Å². The first-order valence-electron chi connectivity index (χ1n) is 4.54. The molecular weight excluding hydrogens is 194 g/mol. The van der Waals surface area contributed by atoms with E-state index in [0.717, 1.165) is 0 Å². The number of rotatable bonds is 4. The molecule has 0 saturated carbocycles. The van der Waals surface area contributed by atoms with Crippen LogP contribution in [0.4, 0.5) is 0 Å². The molecule has 3 N–H and O–H groups in total. The zero-order chi connectivity index (χ0) is 11.5. The van der Waals surface area contributed by atoms with Crippen molar-refractivity contribution in [3.63, 3.8) is 0 Å². The molecule has 0 saturated heterocycles. The van der Waals surface area contributed by atoms with Crippen LogP contribution >= 0.6 is 0 Å². The highest BCUT2D eigenvalue weighted by molar-refractivity contribution is 5.90. The van der Waals surface area contributed by atoms with E-state index in [0.29, 0.717) is 0 Å². The van der Waals surface area contributed by atoms with Crippen LogP contribution in [0.2, 0.25) is 0 Å². The second kappa shape index (κ2) is 4.13. The molecule has 0 aromatic rings. The van der Waals surface area contributed by atoms with Crippen molar-refractivity contribution in [1.82, 2.24) is 0 Å². The van der Waals surface area contributed by atoms with Gasteiger partial charge < -0.3 is 10.8 Å². The Labute approximate surface area is 87.8 Å². The number of carbonyl (C=O) groups is 2. The molecule has 0 aromatic carbocycles. The number of allylic oxidation sites excluding steroid dienone is 3. The van der Waals surface area contributed by atoms with Gasteiger partial charge in [0.05, 0.1) is 5.92 Å². The third kappa shape index (κ3) is 1.83. The predicted octanol–water partition coefficient (Wildman–Crippen LogP) is 0.861. The summed E-state index contributed by atoms with van der Waals surface area (Å²) < 4.78 is 0. The average molecular weight is 207 g/mol. The molecule has 4 heteroatoms. The number of carbonyl (C=O) groups excluding carboxylic acids is 1. The van der Waals surface area contributed by atoms with E-state index in [1.54, 1.807) is 12.2 Å². The Balaban J connectivity index is 3.18. The summed E-state index contributed by atoms with van der Waals surface area (Å²) in [6, 6.07) is 0. The third-order valence-corrected chi connectivity index (χ3v) is 2.55. The molecule has 4 nitrogen and oxygen atoms in total. The molecule has 1 amide bonds. The van der Waals surface area contributed by atoms with E-state index in [1.807, 2.05) is 0 Å². The molecule has 1 rings (SSSR count). The van der Waals surface area contributed by atoms with Gasteiger partial charge in [-0.3, -0.25) is 9.59 Å². The molecule has 0 aromatic heterocycles. The lowest BCUT2D eigenvalue weighted by molar-refractivity contribution is -0.150. The Morgan fingerprint density at radius 1 is 1.53 bits per heavy atom. The lowest BCUT2D eigenvalue weighted by Crippen LogP contribution is -2.43. The van der Waals surface area contributed by atoms with Gasteiger partial charge in [-0.25, -0.2) is 0 Å². The van der Waals surface area contributed by atoms with Crippen LogP contribution in [0.15, 0.2) is 37.0 Å². The molecule has 1 aliphatic rings. The molecule has 2 unspecified atom stereocenters. The number of hydrogen-bond acceptors (Lipinski definition) is 2. The summed E-state index contributed by atoms with van der Waals surface area (Å²) in [6.07, 6.45) is 7.90. The summed E-state index contributed by atoms with van der Waals surface area (Å²) in [7, 11) is 0. The number of nitrogens with two attached hydrogens (primary N) is 1. The zero-order valence-electron chi connectivity index (χ0n) is 8.22. The SMILES string of the molecule is C=CCC1(C(=O)O)C=CC=CC1C(N)=O. The van der Waals surface area contributed by atoms with Gasteiger partial charge in [-0.15, -0.1) is 6.58 Å². The molecular formula is C11H13NO3. The Hall–Kier alpha value is -1.84. The van der Waals surface area contributed by atoms with Gasteiger partial charge in [0, 0.05) is 0 Å². The predicted molar refractivity (Wildman–Crippen MR) is 55.8 cm³/mol. The van der Waals surface area contributed by atoms with E-state index >= 15 is 0 Å². The largest absolute Gasteiger partial charge is 0.481 e. The normalized spacial score (nSPS) is 28.7. The maximum absolute atomic E-state index is 11.2. The molecule has 0 bridgehead atoms. The van der Waals surface area contributed by atoms with Crippen LogP contribution < -0.4 is 5.73 Å². The molecule has 0 spiro atoms. The topological polar surface area (TPSA) is 80.4 Å². The summed E-state index contributed by atoms with van der Waals surface area (Å²) in [5.41, 5.74) is 3.91. The van der Waals surface area contributed by atoms with Crippen LogP contribution in [0.25, 0.3) is 0 Å². The first-order valence-corrected chi connectivity index (χ1v) is 4.54. The highest BCUT2D eigenvalue weighted by Gasteiger charge is 2.45. The maximum atomic E-state index is 11.2. The minimum Gasteiger partial charge on any atom is -0.481 e. The van der Waals surface area contributed by atoms with Crippen molar-refractivity contribution in [3.8, 4) is 0 Å². The monoisotopic (exact) mass is 207 g/mol. The lowest BCUT2D eigenvalue weighted by atomic mass is 9.70. The number of amides is 1. The number of aliphatic carboxylic acids is 1. The van der Waals surface area contributed by atoms with Crippen LogP contribution in [0.1, 0.15) is 6.42 Å². The minimum atomic E-state index is -1.28. The van der Waals surface area contributed by atoms with E-state index in [1.165, 1.54) is 18.2 Å². The first-order chi connectivity index (χ1) is 7.04. The van der Waals surface area contributed by atoms with Crippen LogP contribution in [0.5, 0.6) is 0 Å².